The highest BCUT2D eigenvalue weighted by Gasteiger charge is 2.37. The molecule has 7 nitrogen and oxygen atoms in total. The van der Waals surface area contributed by atoms with E-state index < -0.39 is 35.0 Å². The van der Waals surface area contributed by atoms with Crippen molar-refractivity contribution >= 4 is 5.69 Å². The highest BCUT2D eigenvalue weighted by Crippen LogP contribution is 2.42. The van der Waals surface area contributed by atoms with E-state index in [2.05, 4.69) is 5.32 Å². The maximum absolute atomic E-state index is 13.0. The lowest BCUT2D eigenvalue weighted by atomic mass is 9.99. The molecule has 0 bridgehead atoms. The van der Waals surface area contributed by atoms with Gasteiger partial charge in [0.1, 0.15) is 0 Å². The van der Waals surface area contributed by atoms with E-state index in [0.717, 1.165) is 6.07 Å². The van der Waals surface area contributed by atoms with E-state index in [1.807, 2.05) is 0 Å². The molecule has 1 aliphatic heterocycles. The van der Waals surface area contributed by atoms with E-state index in [1.165, 1.54) is 13.2 Å². The topological polar surface area (TPSA) is 87.9 Å². The van der Waals surface area contributed by atoms with Crippen LogP contribution in [0.5, 0.6) is 11.5 Å². The van der Waals surface area contributed by atoms with Crippen molar-refractivity contribution in [3.8, 4) is 11.5 Å². The number of hydrogen-bond donors (Lipinski definition) is 2. The summed E-state index contributed by atoms with van der Waals surface area (Å²) in [5.41, 5.74) is -0.581. The number of phenols is 1. The largest absolute Gasteiger partial charge is 0.500 e. The molecule has 1 heterocycles. The number of nitro groups is 1. The van der Waals surface area contributed by atoms with Gasteiger partial charge in [-0.3, -0.25) is 15.0 Å². The molecule has 134 valence electrons. The second-order valence-corrected chi connectivity index (χ2v) is 5.47. The molecule has 1 atom stereocenters. The highest BCUT2D eigenvalue weighted by atomic mass is 19.4. The Kier molecular flexibility index (Phi) is 5.50. The Labute approximate surface area is 136 Å². The van der Waals surface area contributed by atoms with Gasteiger partial charge in [-0.15, -0.1) is 0 Å². The predicted molar refractivity (Wildman–Crippen MR) is 79.2 cm³/mol. The van der Waals surface area contributed by atoms with Crippen LogP contribution in [-0.4, -0.2) is 54.4 Å². The van der Waals surface area contributed by atoms with Gasteiger partial charge >= 0.3 is 11.9 Å². The Balaban J connectivity index is 2.47. The Morgan fingerprint density at radius 3 is 2.54 bits per heavy atom. The Morgan fingerprint density at radius 1 is 1.42 bits per heavy atom. The molecule has 0 amide bonds. The Bertz CT molecular complexity index is 604. The average molecular weight is 349 g/mol. The van der Waals surface area contributed by atoms with Gasteiger partial charge in [-0.2, -0.15) is 13.2 Å². The van der Waals surface area contributed by atoms with Crippen LogP contribution < -0.4 is 10.1 Å². The fourth-order valence-electron chi connectivity index (χ4n) is 2.77. The number of methoxy groups -OCH3 is 1. The standard InChI is InChI=1S/C14H18F3N3O4/c1-24-12-7-9(6-10(13(12)21)20(22)23)11(8-14(15,16)17)19-4-2-18-3-5-19/h6-7,11,18,21H,2-5,8H2,1H3/t11-/m0/s1. The molecule has 2 rings (SSSR count). The molecule has 1 aromatic carbocycles. The van der Waals surface area contributed by atoms with Crippen LogP contribution in [0.3, 0.4) is 0 Å². The fraction of sp³-hybridized carbons (Fsp3) is 0.571. The molecule has 0 spiro atoms. The van der Waals surface area contributed by atoms with Crippen molar-refractivity contribution < 1.29 is 27.9 Å². The number of nitro benzene ring substituents is 1. The molecule has 0 aliphatic carbocycles. The zero-order valence-electron chi connectivity index (χ0n) is 13.0. The zero-order valence-corrected chi connectivity index (χ0v) is 13.0. The summed E-state index contributed by atoms with van der Waals surface area (Å²) in [4.78, 5) is 11.9. The summed E-state index contributed by atoms with van der Waals surface area (Å²) in [7, 11) is 1.19. The number of nitrogens with one attached hydrogen (secondary N) is 1. The number of ether oxygens (including phenoxy) is 1. The smallest absolute Gasteiger partial charge is 0.390 e. The van der Waals surface area contributed by atoms with Crippen molar-refractivity contribution in [1.82, 2.24) is 10.2 Å². The molecule has 10 heteroatoms. The van der Waals surface area contributed by atoms with Crippen LogP contribution in [0.15, 0.2) is 12.1 Å². The summed E-state index contributed by atoms with van der Waals surface area (Å²) in [6.07, 6.45) is -5.58. The molecule has 0 saturated carbocycles. The predicted octanol–water partition coefficient (Wildman–Crippen LogP) is 2.21. The van der Waals surface area contributed by atoms with Crippen molar-refractivity contribution in [1.29, 1.82) is 0 Å². The van der Waals surface area contributed by atoms with Crippen molar-refractivity contribution in [3.05, 3.63) is 27.8 Å². The molecule has 1 aliphatic rings. The van der Waals surface area contributed by atoms with Crippen molar-refractivity contribution in [2.24, 2.45) is 0 Å². The summed E-state index contributed by atoms with van der Waals surface area (Å²) in [6, 6.07) is 1.12. The van der Waals surface area contributed by atoms with Crippen molar-refractivity contribution in [3.63, 3.8) is 0 Å². The second kappa shape index (κ2) is 7.22. The summed E-state index contributed by atoms with van der Waals surface area (Å²) in [5, 5.41) is 23.9. The summed E-state index contributed by atoms with van der Waals surface area (Å²) in [5.74, 6) is -0.918. The molecular weight excluding hydrogens is 331 g/mol. The van der Waals surface area contributed by atoms with E-state index in [4.69, 9.17) is 4.74 Å². The molecule has 0 radical (unpaired) electrons. The van der Waals surface area contributed by atoms with Crippen molar-refractivity contribution in [2.75, 3.05) is 33.3 Å². The van der Waals surface area contributed by atoms with Gasteiger partial charge in [0.25, 0.3) is 0 Å². The minimum absolute atomic E-state index is 0.0931. The first-order valence-corrected chi connectivity index (χ1v) is 7.29. The molecule has 24 heavy (non-hydrogen) atoms. The first kappa shape index (κ1) is 18.3. The van der Waals surface area contributed by atoms with Gasteiger partial charge in [0.2, 0.25) is 5.75 Å². The van der Waals surface area contributed by atoms with Gasteiger partial charge in [-0.25, -0.2) is 0 Å². The Hall–Kier alpha value is -2.07. The number of benzene rings is 1. The molecule has 2 N–H and O–H groups in total. The number of rotatable bonds is 5. The SMILES string of the molecule is COc1cc([C@H](CC(F)(F)F)N2CCNCC2)cc([N+](=O)[O-])c1O. The molecular formula is C14H18F3N3O4. The number of alkyl halides is 3. The van der Waals surface area contributed by atoms with Gasteiger partial charge in [-0.1, -0.05) is 0 Å². The van der Waals surface area contributed by atoms with E-state index in [9.17, 15) is 28.4 Å². The third kappa shape index (κ3) is 4.26. The average Bonchev–Trinajstić information content (AvgIpc) is 2.52. The molecule has 0 unspecified atom stereocenters. The molecule has 1 saturated heterocycles. The van der Waals surface area contributed by atoms with Crippen LogP contribution in [0.2, 0.25) is 0 Å². The lowest BCUT2D eigenvalue weighted by Gasteiger charge is -2.35. The van der Waals surface area contributed by atoms with Gasteiger partial charge < -0.3 is 15.2 Å². The maximum atomic E-state index is 13.0. The van der Waals surface area contributed by atoms with Gasteiger partial charge in [-0.05, 0) is 11.6 Å². The van der Waals surface area contributed by atoms with Crippen LogP contribution >= 0.6 is 0 Å². The summed E-state index contributed by atoms with van der Waals surface area (Å²) >= 11 is 0. The van der Waals surface area contributed by atoms with E-state index in [-0.39, 0.29) is 11.3 Å². The number of aromatic hydroxyl groups is 1. The quantitative estimate of drug-likeness (QED) is 0.626. The van der Waals surface area contributed by atoms with E-state index >= 15 is 0 Å². The number of phenolic OH excluding ortho intramolecular Hbond substituents is 1. The van der Waals surface area contributed by atoms with Crippen LogP contribution in [-0.2, 0) is 0 Å². The van der Waals surface area contributed by atoms with E-state index in [1.54, 1.807) is 4.90 Å². The number of hydrogen-bond acceptors (Lipinski definition) is 6. The summed E-state index contributed by atoms with van der Waals surface area (Å²) < 4.78 is 43.9. The molecule has 1 fully saturated rings. The maximum Gasteiger partial charge on any atom is 0.390 e. The van der Waals surface area contributed by atoms with Gasteiger partial charge in [0.05, 0.1) is 18.5 Å². The van der Waals surface area contributed by atoms with Gasteiger partial charge in [0.15, 0.2) is 5.75 Å². The zero-order chi connectivity index (χ0) is 17.9. The third-order valence-electron chi connectivity index (χ3n) is 3.90. The molecule has 0 aromatic heterocycles. The third-order valence-corrected chi connectivity index (χ3v) is 3.90. The van der Waals surface area contributed by atoms with Crippen LogP contribution in [0.25, 0.3) is 0 Å². The van der Waals surface area contributed by atoms with Crippen LogP contribution in [0.4, 0.5) is 18.9 Å². The Morgan fingerprint density at radius 2 is 2.04 bits per heavy atom. The first-order chi connectivity index (χ1) is 11.2. The number of piperazine rings is 1. The highest BCUT2D eigenvalue weighted by molar-refractivity contribution is 5.57. The fourth-order valence-corrected chi connectivity index (χ4v) is 2.77. The van der Waals surface area contributed by atoms with Crippen molar-refractivity contribution in [2.45, 2.75) is 18.6 Å². The lowest BCUT2D eigenvalue weighted by Crippen LogP contribution is -2.46. The minimum Gasteiger partial charge on any atom is -0.500 e. The summed E-state index contributed by atoms with van der Waals surface area (Å²) in [6.45, 7) is 1.84. The first-order valence-electron chi connectivity index (χ1n) is 7.29. The molecule has 1 aromatic rings. The van der Waals surface area contributed by atoms with Crippen LogP contribution in [0.1, 0.15) is 18.0 Å². The lowest BCUT2D eigenvalue weighted by molar-refractivity contribution is -0.386. The second-order valence-electron chi connectivity index (χ2n) is 5.47. The minimum atomic E-state index is -4.44. The van der Waals surface area contributed by atoms with Gasteiger partial charge in [0, 0.05) is 38.3 Å². The number of halogens is 3. The normalized spacial score (nSPS) is 17.5. The monoisotopic (exact) mass is 349 g/mol. The number of nitrogens with zero attached hydrogens (tertiary/aromatic N) is 2. The van der Waals surface area contributed by atoms with Crippen LogP contribution in [0, 0.1) is 10.1 Å². The van der Waals surface area contributed by atoms with E-state index in [0.29, 0.717) is 26.2 Å².